The van der Waals surface area contributed by atoms with Crippen molar-refractivity contribution in [3.05, 3.63) is 24.0 Å². The summed E-state index contributed by atoms with van der Waals surface area (Å²) in [5.74, 6) is -0.198. The van der Waals surface area contributed by atoms with Crippen molar-refractivity contribution >= 4 is 5.69 Å². The van der Waals surface area contributed by atoms with Crippen molar-refractivity contribution < 1.29 is 14.2 Å². The first-order valence-corrected chi connectivity index (χ1v) is 4.39. The minimum Gasteiger partial charge on any atom is -0.494 e. The van der Waals surface area contributed by atoms with Crippen molar-refractivity contribution in [1.29, 1.82) is 0 Å². The van der Waals surface area contributed by atoms with Crippen LogP contribution in [-0.4, -0.2) is 24.9 Å². The van der Waals surface area contributed by atoms with Gasteiger partial charge in [-0.25, -0.2) is 4.39 Å². The van der Waals surface area contributed by atoms with E-state index in [1.165, 1.54) is 13.2 Å². The van der Waals surface area contributed by atoms with Crippen molar-refractivity contribution in [1.82, 2.24) is 0 Å². The van der Waals surface area contributed by atoms with Crippen LogP contribution in [0.2, 0.25) is 0 Å². The van der Waals surface area contributed by atoms with Gasteiger partial charge in [0.1, 0.15) is 0 Å². The predicted molar refractivity (Wildman–Crippen MR) is 53.1 cm³/mol. The van der Waals surface area contributed by atoms with E-state index in [1.807, 2.05) is 0 Å². The molecule has 1 aromatic rings. The molecule has 0 saturated carbocycles. The minimum absolute atomic E-state index is 0.195. The Balaban J connectivity index is 2.69. The summed E-state index contributed by atoms with van der Waals surface area (Å²) < 4.78 is 17.8. The van der Waals surface area contributed by atoms with E-state index < -0.39 is 11.9 Å². The van der Waals surface area contributed by atoms with Crippen LogP contribution in [0.4, 0.5) is 10.1 Å². The number of aliphatic hydroxyl groups excluding tert-OH is 1. The van der Waals surface area contributed by atoms with Gasteiger partial charge in [-0.1, -0.05) is 0 Å². The molecule has 4 heteroatoms. The summed E-state index contributed by atoms with van der Waals surface area (Å²) in [6.07, 6.45) is -0.439. The van der Waals surface area contributed by atoms with Gasteiger partial charge in [0, 0.05) is 18.3 Å². The fraction of sp³-hybridized carbons (Fsp3) is 0.400. The van der Waals surface area contributed by atoms with Gasteiger partial charge < -0.3 is 15.2 Å². The van der Waals surface area contributed by atoms with Crippen LogP contribution < -0.4 is 10.1 Å². The molecule has 3 nitrogen and oxygen atoms in total. The van der Waals surface area contributed by atoms with E-state index in [1.54, 1.807) is 19.1 Å². The highest BCUT2D eigenvalue weighted by Crippen LogP contribution is 2.21. The van der Waals surface area contributed by atoms with Crippen LogP contribution in [-0.2, 0) is 0 Å². The van der Waals surface area contributed by atoms with Crippen molar-refractivity contribution in [2.24, 2.45) is 0 Å². The van der Waals surface area contributed by atoms with Crippen LogP contribution in [0, 0.1) is 5.82 Å². The fourth-order valence-electron chi connectivity index (χ4n) is 1.04. The van der Waals surface area contributed by atoms with Gasteiger partial charge in [-0.15, -0.1) is 0 Å². The summed E-state index contributed by atoms with van der Waals surface area (Å²) in [6.45, 7) is 2.10. The molecule has 14 heavy (non-hydrogen) atoms. The quantitative estimate of drug-likeness (QED) is 0.774. The number of rotatable bonds is 4. The van der Waals surface area contributed by atoms with E-state index in [0.717, 1.165) is 5.69 Å². The number of anilines is 1. The van der Waals surface area contributed by atoms with E-state index in [2.05, 4.69) is 5.32 Å². The fourth-order valence-corrected chi connectivity index (χ4v) is 1.04. The van der Waals surface area contributed by atoms with Crippen LogP contribution in [0.3, 0.4) is 0 Å². The summed E-state index contributed by atoms with van der Waals surface area (Å²) in [5.41, 5.74) is 0.726. The Morgan fingerprint density at radius 1 is 1.57 bits per heavy atom. The smallest absolute Gasteiger partial charge is 0.165 e. The topological polar surface area (TPSA) is 41.5 Å². The molecule has 0 fully saturated rings. The van der Waals surface area contributed by atoms with E-state index in [9.17, 15) is 4.39 Å². The zero-order chi connectivity index (χ0) is 10.6. The maximum atomic E-state index is 13.0. The summed E-state index contributed by atoms with van der Waals surface area (Å²) in [6, 6.07) is 4.47. The second-order valence-electron chi connectivity index (χ2n) is 3.08. The SMILES string of the molecule is COc1cc(NC[C@@H](C)O)ccc1F. The molecule has 0 aliphatic rings. The van der Waals surface area contributed by atoms with Gasteiger partial charge in [0.2, 0.25) is 0 Å². The van der Waals surface area contributed by atoms with Gasteiger partial charge in [-0.3, -0.25) is 0 Å². The number of benzene rings is 1. The van der Waals surface area contributed by atoms with Gasteiger partial charge in [0.25, 0.3) is 0 Å². The number of hydrogen-bond acceptors (Lipinski definition) is 3. The molecule has 0 aliphatic heterocycles. The molecule has 0 amide bonds. The zero-order valence-electron chi connectivity index (χ0n) is 8.25. The molecule has 0 aliphatic carbocycles. The van der Waals surface area contributed by atoms with E-state index >= 15 is 0 Å². The maximum absolute atomic E-state index is 13.0. The van der Waals surface area contributed by atoms with Crippen molar-refractivity contribution in [3.8, 4) is 5.75 Å². The Bertz CT molecular complexity index is 302. The molecule has 1 rings (SSSR count). The Labute approximate surface area is 82.5 Å². The normalized spacial score (nSPS) is 12.3. The third-order valence-corrected chi connectivity index (χ3v) is 1.75. The predicted octanol–water partition coefficient (Wildman–Crippen LogP) is 1.63. The molecule has 0 heterocycles. The van der Waals surface area contributed by atoms with Crippen LogP contribution >= 0.6 is 0 Å². The zero-order valence-corrected chi connectivity index (χ0v) is 8.25. The first-order chi connectivity index (χ1) is 6.63. The average Bonchev–Trinajstić information content (AvgIpc) is 2.16. The molecule has 0 radical (unpaired) electrons. The standard InChI is InChI=1S/C10H14FNO2/c1-7(13)6-12-8-3-4-9(11)10(5-8)14-2/h3-5,7,12-13H,6H2,1-2H3/t7-/m1/s1. The number of ether oxygens (including phenoxy) is 1. The lowest BCUT2D eigenvalue weighted by atomic mass is 10.2. The lowest BCUT2D eigenvalue weighted by Gasteiger charge is -2.09. The Morgan fingerprint density at radius 2 is 2.29 bits per heavy atom. The third-order valence-electron chi connectivity index (χ3n) is 1.75. The van der Waals surface area contributed by atoms with Gasteiger partial charge in [-0.2, -0.15) is 0 Å². The van der Waals surface area contributed by atoms with Crippen LogP contribution in [0.1, 0.15) is 6.92 Å². The molecule has 0 aromatic heterocycles. The summed E-state index contributed by atoms with van der Waals surface area (Å²) in [7, 11) is 1.41. The van der Waals surface area contributed by atoms with E-state index in [-0.39, 0.29) is 5.75 Å². The monoisotopic (exact) mass is 199 g/mol. The molecule has 0 unspecified atom stereocenters. The highest BCUT2D eigenvalue weighted by molar-refractivity contribution is 5.48. The number of halogens is 1. The largest absolute Gasteiger partial charge is 0.494 e. The second-order valence-corrected chi connectivity index (χ2v) is 3.08. The first kappa shape index (κ1) is 10.8. The molecular weight excluding hydrogens is 185 g/mol. The highest BCUT2D eigenvalue weighted by atomic mass is 19.1. The van der Waals surface area contributed by atoms with Crippen molar-refractivity contribution in [2.75, 3.05) is 19.0 Å². The van der Waals surface area contributed by atoms with Gasteiger partial charge in [0.15, 0.2) is 11.6 Å². The Hall–Kier alpha value is -1.29. The summed E-state index contributed by atoms with van der Waals surface area (Å²) in [5, 5.41) is 12.0. The maximum Gasteiger partial charge on any atom is 0.165 e. The van der Waals surface area contributed by atoms with Gasteiger partial charge >= 0.3 is 0 Å². The Morgan fingerprint density at radius 3 is 2.86 bits per heavy atom. The average molecular weight is 199 g/mol. The molecular formula is C10H14FNO2. The van der Waals surface area contributed by atoms with E-state index in [4.69, 9.17) is 9.84 Å². The van der Waals surface area contributed by atoms with Crippen LogP contribution in [0.5, 0.6) is 5.75 Å². The lowest BCUT2D eigenvalue weighted by Crippen LogP contribution is -2.15. The molecule has 0 saturated heterocycles. The molecule has 0 spiro atoms. The highest BCUT2D eigenvalue weighted by Gasteiger charge is 2.03. The number of methoxy groups -OCH3 is 1. The number of nitrogens with one attached hydrogen (secondary N) is 1. The van der Waals surface area contributed by atoms with Gasteiger partial charge in [0.05, 0.1) is 13.2 Å². The molecule has 2 N–H and O–H groups in total. The van der Waals surface area contributed by atoms with Crippen LogP contribution in [0.15, 0.2) is 18.2 Å². The minimum atomic E-state index is -0.439. The number of hydrogen-bond donors (Lipinski definition) is 2. The second kappa shape index (κ2) is 4.81. The first-order valence-electron chi connectivity index (χ1n) is 4.39. The number of aliphatic hydroxyl groups is 1. The van der Waals surface area contributed by atoms with Crippen molar-refractivity contribution in [2.45, 2.75) is 13.0 Å². The van der Waals surface area contributed by atoms with E-state index in [0.29, 0.717) is 6.54 Å². The Kier molecular flexibility index (Phi) is 3.71. The molecule has 0 bridgehead atoms. The summed E-state index contributed by atoms with van der Waals surface area (Å²) in [4.78, 5) is 0. The van der Waals surface area contributed by atoms with Gasteiger partial charge in [-0.05, 0) is 19.1 Å². The lowest BCUT2D eigenvalue weighted by molar-refractivity contribution is 0.208. The molecule has 1 aromatic carbocycles. The van der Waals surface area contributed by atoms with Crippen molar-refractivity contribution in [3.63, 3.8) is 0 Å². The van der Waals surface area contributed by atoms with Crippen LogP contribution in [0.25, 0.3) is 0 Å². The summed E-state index contributed by atoms with van der Waals surface area (Å²) >= 11 is 0. The molecule has 1 atom stereocenters. The third kappa shape index (κ3) is 2.88. The molecule has 78 valence electrons.